The van der Waals surface area contributed by atoms with E-state index in [1.165, 1.54) is 11.3 Å². The number of hydrogen-bond donors (Lipinski definition) is 3. The van der Waals surface area contributed by atoms with Crippen LogP contribution < -0.4 is 16.4 Å². The topological polar surface area (TPSA) is 80.0 Å². The molecule has 5 nitrogen and oxygen atoms in total. The third-order valence-electron chi connectivity index (χ3n) is 1.97. The van der Waals surface area contributed by atoms with Crippen LogP contribution in [0.1, 0.15) is 29.4 Å². The molecule has 1 aromatic rings. The third-order valence-corrected chi connectivity index (χ3v) is 3.00. The van der Waals surface area contributed by atoms with Crippen LogP contribution in [-0.2, 0) is 0 Å². The van der Waals surface area contributed by atoms with E-state index in [0.29, 0.717) is 23.0 Å². The molecule has 0 saturated carbocycles. The Labute approximate surface area is 105 Å². The maximum atomic E-state index is 11.7. The van der Waals surface area contributed by atoms with Crippen LogP contribution >= 0.6 is 11.3 Å². The van der Waals surface area contributed by atoms with Crippen LogP contribution in [0.5, 0.6) is 0 Å². The number of rotatable bonds is 6. The number of thiazole rings is 1. The van der Waals surface area contributed by atoms with Crippen molar-refractivity contribution in [1.29, 1.82) is 0 Å². The third kappa shape index (κ3) is 3.96. The van der Waals surface area contributed by atoms with Crippen LogP contribution in [0.15, 0.2) is 0 Å². The monoisotopic (exact) mass is 252 g/mol. The summed E-state index contributed by atoms with van der Waals surface area (Å²) >= 11 is 1.26. The number of nitrogens with zero attached hydrogens (tertiary/aromatic N) is 1. The van der Waals surface area contributed by atoms with Crippen molar-refractivity contribution in [3.63, 3.8) is 0 Å². The second-order valence-corrected chi connectivity index (χ2v) is 4.33. The summed E-state index contributed by atoms with van der Waals surface area (Å²) in [4.78, 5) is 16.2. The van der Waals surface area contributed by atoms with Crippen molar-refractivity contribution < 1.29 is 4.79 Å². The van der Waals surface area contributed by atoms with Crippen molar-refractivity contribution in [1.82, 2.24) is 10.3 Å². The maximum Gasteiger partial charge on any atom is 0.265 e. The molecule has 92 valence electrons. The van der Waals surface area contributed by atoms with E-state index >= 15 is 0 Å². The van der Waals surface area contributed by atoms with Gasteiger partial charge in [0.05, 0.1) is 0 Å². The fourth-order valence-corrected chi connectivity index (χ4v) is 2.06. The Morgan fingerprint density at radius 2 is 2.41 bits per heavy atom. The number of amides is 1. The van der Waals surface area contributed by atoms with Gasteiger partial charge in [0, 0.05) is 19.5 Å². The molecule has 4 N–H and O–H groups in total. The summed E-state index contributed by atoms with van der Waals surface area (Å²) in [6.07, 6.45) is 6.54. The molecule has 0 saturated heterocycles. The highest BCUT2D eigenvalue weighted by Gasteiger charge is 2.15. The van der Waals surface area contributed by atoms with Crippen molar-refractivity contribution in [2.45, 2.75) is 19.8 Å². The zero-order valence-corrected chi connectivity index (χ0v) is 10.6. The summed E-state index contributed by atoms with van der Waals surface area (Å²) in [6.45, 7) is 3.25. The molecule has 0 aromatic carbocycles. The fraction of sp³-hybridized carbons (Fsp3) is 0.455. The van der Waals surface area contributed by atoms with E-state index in [2.05, 4.69) is 21.5 Å². The first-order chi connectivity index (χ1) is 8.19. The summed E-state index contributed by atoms with van der Waals surface area (Å²) in [6, 6.07) is 0. The Morgan fingerprint density at radius 3 is 3.06 bits per heavy atom. The van der Waals surface area contributed by atoms with Gasteiger partial charge in [-0.1, -0.05) is 11.3 Å². The molecular weight excluding hydrogens is 236 g/mol. The van der Waals surface area contributed by atoms with Gasteiger partial charge in [0.15, 0.2) is 5.13 Å². The van der Waals surface area contributed by atoms with Gasteiger partial charge in [-0.2, -0.15) is 0 Å². The first-order valence-corrected chi connectivity index (χ1v) is 6.22. The van der Waals surface area contributed by atoms with Crippen molar-refractivity contribution in [3.8, 4) is 12.3 Å². The van der Waals surface area contributed by atoms with Gasteiger partial charge >= 0.3 is 0 Å². The Morgan fingerprint density at radius 1 is 1.65 bits per heavy atom. The molecule has 1 amide bonds. The molecule has 0 aliphatic heterocycles. The van der Waals surface area contributed by atoms with Gasteiger partial charge in [0.25, 0.3) is 5.91 Å². The average molecular weight is 252 g/mol. The number of aromatic nitrogens is 1. The van der Waals surface area contributed by atoms with E-state index in [-0.39, 0.29) is 11.7 Å². The molecule has 0 spiro atoms. The smallest absolute Gasteiger partial charge is 0.265 e. The second-order valence-electron chi connectivity index (χ2n) is 3.33. The highest BCUT2D eigenvalue weighted by atomic mass is 32.1. The van der Waals surface area contributed by atoms with Crippen LogP contribution in [0.3, 0.4) is 0 Å². The minimum absolute atomic E-state index is 0.193. The van der Waals surface area contributed by atoms with Crippen molar-refractivity contribution in [2.24, 2.45) is 0 Å². The van der Waals surface area contributed by atoms with Crippen LogP contribution in [-0.4, -0.2) is 24.0 Å². The van der Waals surface area contributed by atoms with Crippen LogP contribution in [0.2, 0.25) is 0 Å². The number of unbranched alkanes of at least 4 members (excludes halogenated alkanes) is 1. The molecule has 17 heavy (non-hydrogen) atoms. The van der Waals surface area contributed by atoms with Gasteiger partial charge in [-0.25, -0.2) is 4.98 Å². The molecule has 1 rings (SSSR count). The van der Waals surface area contributed by atoms with E-state index in [9.17, 15) is 4.79 Å². The SMILES string of the molecule is C#CCCCNC(=O)c1sc(NCC)nc1N. The van der Waals surface area contributed by atoms with Crippen LogP contribution in [0, 0.1) is 12.3 Å². The molecule has 0 radical (unpaired) electrons. The number of nitrogen functional groups attached to an aromatic ring is 1. The predicted octanol–water partition coefficient (Wildman–Crippen LogP) is 1.30. The number of terminal acetylenes is 1. The zero-order chi connectivity index (χ0) is 12.7. The Balaban J connectivity index is 2.53. The first-order valence-electron chi connectivity index (χ1n) is 5.40. The van der Waals surface area contributed by atoms with Crippen LogP contribution in [0.4, 0.5) is 10.9 Å². The summed E-state index contributed by atoms with van der Waals surface area (Å²) < 4.78 is 0. The summed E-state index contributed by atoms with van der Waals surface area (Å²) in [5, 5.41) is 6.44. The molecule has 6 heteroatoms. The number of carbonyl (C=O) groups is 1. The number of anilines is 2. The van der Waals surface area contributed by atoms with E-state index in [1.54, 1.807) is 0 Å². The van der Waals surface area contributed by atoms with Gasteiger partial charge in [-0.05, 0) is 13.3 Å². The van der Waals surface area contributed by atoms with Crippen molar-refractivity contribution in [3.05, 3.63) is 4.88 Å². The lowest BCUT2D eigenvalue weighted by molar-refractivity contribution is 0.0958. The standard InChI is InChI=1S/C11H16N4OS/c1-3-5-6-7-14-10(16)8-9(12)15-11(17-8)13-4-2/h1H,4-7,12H2,2H3,(H,13,15)(H,14,16). The highest BCUT2D eigenvalue weighted by molar-refractivity contribution is 7.18. The number of carbonyl (C=O) groups excluding carboxylic acids is 1. The van der Waals surface area contributed by atoms with E-state index in [1.807, 2.05) is 6.92 Å². The Hall–Kier alpha value is -1.74. The number of nitrogens with two attached hydrogens (primary N) is 1. The van der Waals surface area contributed by atoms with Crippen LogP contribution in [0.25, 0.3) is 0 Å². The summed E-state index contributed by atoms with van der Waals surface area (Å²) in [5.41, 5.74) is 5.67. The Kier molecular flexibility index (Phi) is 5.30. The van der Waals surface area contributed by atoms with E-state index in [4.69, 9.17) is 12.2 Å². The molecule has 0 aliphatic carbocycles. The minimum Gasteiger partial charge on any atom is -0.382 e. The predicted molar refractivity (Wildman–Crippen MR) is 71.1 cm³/mol. The normalized spacial score (nSPS) is 9.65. The largest absolute Gasteiger partial charge is 0.382 e. The molecule has 0 unspecified atom stereocenters. The maximum absolute atomic E-state index is 11.7. The number of nitrogens with one attached hydrogen (secondary N) is 2. The lowest BCUT2D eigenvalue weighted by Gasteiger charge is -2.01. The fourth-order valence-electron chi connectivity index (χ4n) is 1.19. The summed E-state index contributed by atoms with van der Waals surface area (Å²) in [5.74, 6) is 2.59. The van der Waals surface area contributed by atoms with Crippen molar-refractivity contribution >= 4 is 28.2 Å². The second kappa shape index (κ2) is 6.76. The lowest BCUT2D eigenvalue weighted by Crippen LogP contribution is -2.24. The van der Waals surface area contributed by atoms with Gasteiger partial charge < -0.3 is 16.4 Å². The van der Waals surface area contributed by atoms with Gasteiger partial charge in [0.1, 0.15) is 10.7 Å². The van der Waals surface area contributed by atoms with Crippen molar-refractivity contribution in [2.75, 3.05) is 24.1 Å². The van der Waals surface area contributed by atoms with Gasteiger partial charge in [-0.3, -0.25) is 4.79 Å². The highest BCUT2D eigenvalue weighted by Crippen LogP contribution is 2.24. The zero-order valence-electron chi connectivity index (χ0n) is 9.75. The molecule has 0 atom stereocenters. The lowest BCUT2D eigenvalue weighted by atomic mass is 10.3. The van der Waals surface area contributed by atoms with E-state index in [0.717, 1.165) is 13.0 Å². The molecular formula is C11H16N4OS. The first kappa shape index (κ1) is 13.3. The van der Waals surface area contributed by atoms with Gasteiger partial charge in [-0.15, -0.1) is 12.3 Å². The number of hydrogen-bond acceptors (Lipinski definition) is 5. The Bertz CT molecular complexity index is 422. The molecule has 1 aromatic heterocycles. The molecule has 0 bridgehead atoms. The quantitative estimate of drug-likeness (QED) is 0.526. The minimum atomic E-state index is -0.193. The summed E-state index contributed by atoms with van der Waals surface area (Å²) in [7, 11) is 0. The average Bonchev–Trinajstić information content (AvgIpc) is 2.66. The molecule has 0 aliphatic rings. The van der Waals surface area contributed by atoms with E-state index < -0.39 is 0 Å². The molecule has 1 heterocycles. The van der Waals surface area contributed by atoms with Gasteiger partial charge in [0.2, 0.25) is 0 Å². The molecule has 0 fully saturated rings.